The van der Waals surface area contributed by atoms with Gasteiger partial charge in [-0.05, 0) is 44.6 Å². The molecule has 2 amide bonds. The molecule has 9 heteroatoms. The predicted octanol–water partition coefficient (Wildman–Crippen LogP) is 2.41. The van der Waals surface area contributed by atoms with Gasteiger partial charge < -0.3 is 15.0 Å². The zero-order chi connectivity index (χ0) is 21.4. The lowest BCUT2D eigenvalue weighted by atomic mass is 9.83. The Labute approximate surface area is 175 Å². The first-order valence-electron chi connectivity index (χ1n) is 10.6. The van der Waals surface area contributed by atoms with Crippen molar-refractivity contribution in [2.45, 2.75) is 57.2 Å². The summed E-state index contributed by atoms with van der Waals surface area (Å²) in [6.45, 7) is 3.38. The minimum Gasteiger partial charge on any atom is -0.495 e. The van der Waals surface area contributed by atoms with Gasteiger partial charge in [-0.25, -0.2) is 0 Å². The molecular weight excluding hydrogens is 388 g/mol. The van der Waals surface area contributed by atoms with Gasteiger partial charge in [0.05, 0.1) is 23.8 Å². The van der Waals surface area contributed by atoms with Gasteiger partial charge >= 0.3 is 0 Å². The third-order valence-electron chi connectivity index (χ3n) is 6.62. The van der Waals surface area contributed by atoms with Crippen LogP contribution in [-0.4, -0.2) is 64.9 Å². The maximum Gasteiger partial charge on any atom is 0.271 e. The molecule has 3 atom stereocenters. The number of piperidine rings is 2. The molecule has 0 radical (unpaired) electrons. The van der Waals surface area contributed by atoms with Gasteiger partial charge in [0, 0.05) is 43.7 Å². The number of benzene rings is 1. The lowest BCUT2D eigenvalue weighted by Gasteiger charge is -2.48. The van der Waals surface area contributed by atoms with Crippen molar-refractivity contribution in [2.75, 3.05) is 25.5 Å². The van der Waals surface area contributed by atoms with Crippen molar-refractivity contribution < 1.29 is 19.2 Å². The van der Waals surface area contributed by atoms with Gasteiger partial charge in [-0.2, -0.15) is 0 Å². The van der Waals surface area contributed by atoms with Crippen LogP contribution in [0.25, 0.3) is 0 Å². The third kappa shape index (κ3) is 3.98. The number of rotatable bonds is 6. The second kappa shape index (κ2) is 8.22. The number of hydrogen-bond acceptors (Lipinski definition) is 6. The smallest absolute Gasteiger partial charge is 0.271 e. The van der Waals surface area contributed by atoms with E-state index in [0.29, 0.717) is 35.9 Å². The Morgan fingerprint density at radius 1 is 1.30 bits per heavy atom. The second-order valence-electron chi connectivity index (χ2n) is 8.49. The predicted molar refractivity (Wildman–Crippen MR) is 110 cm³/mol. The van der Waals surface area contributed by atoms with E-state index < -0.39 is 4.92 Å². The Hall–Kier alpha value is -2.68. The summed E-state index contributed by atoms with van der Waals surface area (Å²) in [5, 5.41) is 13.9. The number of hydrogen-bond donors (Lipinski definition) is 1. The maximum absolute atomic E-state index is 12.9. The highest BCUT2D eigenvalue weighted by molar-refractivity contribution is 5.96. The molecule has 30 heavy (non-hydrogen) atoms. The van der Waals surface area contributed by atoms with Crippen LogP contribution in [0.5, 0.6) is 5.75 Å². The third-order valence-corrected chi connectivity index (χ3v) is 6.62. The summed E-state index contributed by atoms with van der Waals surface area (Å²) in [5.74, 6) is 0.833. The number of nitro groups is 1. The van der Waals surface area contributed by atoms with E-state index in [4.69, 9.17) is 4.74 Å². The van der Waals surface area contributed by atoms with Crippen molar-refractivity contribution in [1.82, 2.24) is 9.80 Å². The lowest BCUT2D eigenvalue weighted by Crippen LogP contribution is -2.59. The number of carbonyl (C=O) groups is 2. The molecule has 0 bridgehead atoms. The van der Waals surface area contributed by atoms with Crippen LogP contribution < -0.4 is 10.1 Å². The Balaban J connectivity index is 1.42. The summed E-state index contributed by atoms with van der Waals surface area (Å²) in [7, 11) is 1.46. The Morgan fingerprint density at radius 2 is 2.07 bits per heavy atom. The summed E-state index contributed by atoms with van der Waals surface area (Å²) in [6.07, 6.45) is 4.57. The monoisotopic (exact) mass is 416 g/mol. The highest BCUT2D eigenvalue weighted by Crippen LogP contribution is 2.39. The summed E-state index contributed by atoms with van der Waals surface area (Å²) < 4.78 is 5.24. The molecule has 9 nitrogen and oxygen atoms in total. The first-order valence-corrected chi connectivity index (χ1v) is 10.6. The molecule has 0 spiro atoms. The summed E-state index contributed by atoms with van der Waals surface area (Å²) in [5.41, 5.74) is 0.188. The number of nitrogens with zero attached hydrogens (tertiary/aromatic N) is 3. The van der Waals surface area contributed by atoms with Crippen LogP contribution >= 0.6 is 0 Å². The lowest BCUT2D eigenvalue weighted by molar-refractivity contribution is -0.384. The molecule has 2 heterocycles. The maximum atomic E-state index is 12.9. The fourth-order valence-electron chi connectivity index (χ4n) is 4.81. The molecule has 1 N–H and O–H groups in total. The first-order chi connectivity index (χ1) is 14.4. The standard InChI is InChI=1S/C21H28N4O5/c1-13(21(27)22-17-11-16(25(28)29)6-7-19(17)30-2)23-10-9-18-14(12-23)3-8-20(26)24(18)15-4-5-15/h6-7,11,13-15,18H,3-5,8-10,12H2,1-2H3,(H,22,27)/t13-,14-,18+/m0/s1. The zero-order valence-electron chi connectivity index (χ0n) is 17.4. The van der Waals surface area contributed by atoms with Gasteiger partial charge in [0.1, 0.15) is 5.75 Å². The average molecular weight is 416 g/mol. The van der Waals surface area contributed by atoms with Crippen molar-refractivity contribution in [1.29, 1.82) is 0 Å². The summed E-state index contributed by atoms with van der Waals surface area (Å²) >= 11 is 0. The van der Waals surface area contributed by atoms with Crippen LogP contribution in [-0.2, 0) is 9.59 Å². The minimum atomic E-state index is -0.501. The largest absolute Gasteiger partial charge is 0.495 e. The first kappa shape index (κ1) is 20.6. The molecule has 1 saturated carbocycles. The number of carbonyl (C=O) groups excluding carboxylic acids is 2. The van der Waals surface area contributed by atoms with Gasteiger partial charge in [-0.15, -0.1) is 0 Å². The number of amides is 2. The number of non-ortho nitro benzene ring substituents is 1. The summed E-state index contributed by atoms with van der Waals surface area (Å²) in [4.78, 5) is 40.1. The Bertz CT molecular complexity index is 856. The van der Waals surface area contributed by atoms with Crippen molar-refractivity contribution >= 4 is 23.2 Å². The van der Waals surface area contributed by atoms with E-state index in [1.165, 1.54) is 25.3 Å². The zero-order valence-corrected chi connectivity index (χ0v) is 17.4. The molecule has 0 unspecified atom stereocenters. The second-order valence-corrected chi connectivity index (χ2v) is 8.49. The van der Waals surface area contributed by atoms with Crippen LogP contribution in [0, 0.1) is 16.0 Å². The van der Waals surface area contributed by atoms with Gasteiger partial charge in [0.2, 0.25) is 11.8 Å². The van der Waals surface area contributed by atoms with Crippen LogP contribution in [0.15, 0.2) is 18.2 Å². The molecule has 4 rings (SSSR count). The number of nitro benzene ring substituents is 1. The summed E-state index contributed by atoms with van der Waals surface area (Å²) in [6, 6.07) is 4.48. The van der Waals surface area contributed by atoms with Crippen molar-refractivity contribution in [3.63, 3.8) is 0 Å². The number of methoxy groups -OCH3 is 1. The van der Waals surface area contributed by atoms with Crippen LogP contribution in [0.3, 0.4) is 0 Å². The van der Waals surface area contributed by atoms with Crippen molar-refractivity contribution in [2.24, 2.45) is 5.92 Å². The molecule has 3 aliphatic rings. The van der Waals surface area contributed by atoms with Gasteiger partial charge in [-0.1, -0.05) is 0 Å². The van der Waals surface area contributed by atoms with Crippen LogP contribution in [0.4, 0.5) is 11.4 Å². The van der Waals surface area contributed by atoms with Gasteiger partial charge in [0.15, 0.2) is 0 Å². The highest BCUT2D eigenvalue weighted by Gasteiger charge is 2.46. The van der Waals surface area contributed by atoms with E-state index in [2.05, 4.69) is 15.1 Å². The molecule has 1 aliphatic carbocycles. The van der Waals surface area contributed by atoms with Gasteiger partial charge in [0.25, 0.3) is 5.69 Å². The van der Waals surface area contributed by atoms with E-state index in [1.54, 1.807) is 0 Å². The van der Waals surface area contributed by atoms with E-state index in [1.807, 2.05) is 6.92 Å². The number of anilines is 1. The topological polar surface area (TPSA) is 105 Å². The van der Waals surface area contributed by atoms with Gasteiger partial charge in [-0.3, -0.25) is 24.6 Å². The number of nitrogens with one attached hydrogen (secondary N) is 1. The molecule has 3 fully saturated rings. The number of fused-ring (bicyclic) bond motifs is 1. The molecular formula is C21H28N4O5. The van der Waals surface area contributed by atoms with E-state index >= 15 is 0 Å². The molecule has 1 aromatic carbocycles. The molecule has 0 aromatic heterocycles. The molecule has 162 valence electrons. The SMILES string of the molecule is COc1ccc([N+](=O)[O-])cc1NC(=O)[C@H](C)N1CC[C@@H]2[C@@H](CCC(=O)N2C2CC2)C1. The minimum absolute atomic E-state index is 0.105. The molecule has 1 aromatic rings. The van der Waals surface area contributed by atoms with Crippen molar-refractivity contribution in [3.8, 4) is 5.75 Å². The van der Waals surface area contributed by atoms with Crippen LogP contribution in [0.1, 0.15) is 39.0 Å². The van der Waals surface area contributed by atoms with E-state index in [0.717, 1.165) is 38.8 Å². The van der Waals surface area contributed by atoms with E-state index in [9.17, 15) is 19.7 Å². The van der Waals surface area contributed by atoms with Crippen molar-refractivity contribution in [3.05, 3.63) is 28.3 Å². The molecule has 2 aliphatic heterocycles. The quantitative estimate of drug-likeness (QED) is 0.564. The van der Waals surface area contributed by atoms with E-state index in [-0.39, 0.29) is 23.5 Å². The highest BCUT2D eigenvalue weighted by atomic mass is 16.6. The number of likely N-dealkylation sites (tertiary alicyclic amines) is 2. The Kier molecular flexibility index (Phi) is 5.64. The fraction of sp³-hybridized carbons (Fsp3) is 0.619. The molecule has 2 saturated heterocycles. The Morgan fingerprint density at radius 3 is 2.73 bits per heavy atom. The fourth-order valence-corrected chi connectivity index (χ4v) is 4.81. The normalized spacial score (nSPS) is 25.4. The van der Waals surface area contributed by atoms with Crippen LogP contribution in [0.2, 0.25) is 0 Å². The number of ether oxygens (including phenoxy) is 1. The average Bonchev–Trinajstić information content (AvgIpc) is 3.57.